The Bertz CT molecular complexity index is 492. The highest BCUT2D eigenvalue weighted by Gasteiger charge is 2.23. The maximum atomic E-state index is 11.4. The van der Waals surface area contributed by atoms with Crippen molar-refractivity contribution >= 4 is 5.97 Å². The number of aliphatic hydroxyl groups excluding tert-OH is 1. The molecule has 0 unspecified atom stereocenters. The maximum Gasteiger partial charge on any atom is 0.337 e. The predicted molar refractivity (Wildman–Crippen MR) is 88.7 cm³/mol. The molecule has 0 bridgehead atoms. The Morgan fingerprint density at radius 2 is 1.87 bits per heavy atom. The Labute approximate surface area is 138 Å². The van der Waals surface area contributed by atoms with Gasteiger partial charge in [-0.2, -0.15) is 0 Å². The fourth-order valence-electron chi connectivity index (χ4n) is 3.29. The predicted octanol–water partition coefficient (Wildman–Crippen LogP) is 2.19. The molecule has 1 aromatic carbocycles. The Kier molecular flexibility index (Phi) is 6.42. The van der Waals surface area contributed by atoms with Crippen LogP contribution in [0.5, 0.6) is 5.75 Å². The van der Waals surface area contributed by atoms with E-state index in [0.717, 1.165) is 13.1 Å². The third-order valence-electron chi connectivity index (χ3n) is 4.13. The zero-order valence-corrected chi connectivity index (χ0v) is 14.2. The number of aliphatic hydroxyl groups is 1. The minimum atomic E-state index is -0.521. The Hall–Kier alpha value is -1.59. The number of carbonyl (C=O) groups is 1. The molecule has 1 aliphatic rings. The van der Waals surface area contributed by atoms with Crippen LogP contribution in [0.4, 0.5) is 0 Å². The molecule has 5 nitrogen and oxygen atoms in total. The summed E-state index contributed by atoms with van der Waals surface area (Å²) in [5.41, 5.74) is 0.483. The molecule has 2 rings (SSSR count). The number of benzene rings is 1. The summed E-state index contributed by atoms with van der Waals surface area (Å²) in [6.07, 6.45) is 0.739. The second kappa shape index (κ2) is 8.31. The van der Waals surface area contributed by atoms with E-state index < -0.39 is 6.10 Å². The van der Waals surface area contributed by atoms with E-state index >= 15 is 0 Å². The molecule has 1 aliphatic heterocycles. The monoisotopic (exact) mass is 321 g/mol. The quantitative estimate of drug-likeness (QED) is 0.814. The Morgan fingerprint density at radius 1 is 1.26 bits per heavy atom. The van der Waals surface area contributed by atoms with Crippen molar-refractivity contribution in [2.75, 3.05) is 33.4 Å². The molecule has 128 valence electrons. The van der Waals surface area contributed by atoms with Gasteiger partial charge in [-0.25, -0.2) is 4.79 Å². The highest BCUT2D eigenvalue weighted by atomic mass is 16.5. The molecule has 1 N–H and O–H groups in total. The van der Waals surface area contributed by atoms with E-state index in [-0.39, 0.29) is 12.6 Å². The van der Waals surface area contributed by atoms with Crippen molar-refractivity contribution in [2.45, 2.75) is 26.4 Å². The van der Waals surface area contributed by atoms with E-state index in [4.69, 9.17) is 4.74 Å². The van der Waals surface area contributed by atoms with Crippen LogP contribution in [0.2, 0.25) is 0 Å². The molecule has 0 aromatic heterocycles. The lowest BCUT2D eigenvalue weighted by atomic mass is 9.92. The summed E-state index contributed by atoms with van der Waals surface area (Å²) in [7, 11) is 1.35. The number of methoxy groups -OCH3 is 1. The fraction of sp³-hybridized carbons (Fsp3) is 0.611. The molecule has 23 heavy (non-hydrogen) atoms. The zero-order valence-electron chi connectivity index (χ0n) is 14.2. The van der Waals surface area contributed by atoms with Gasteiger partial charge < -0.3 is 19.5 Å². The molecule has 0 spiro atoms. The van der Waals surface area contributed by atoms with Gasteiger partial charge in [0.1, 0.15) is 18.5 Å². The van der Waals surface area contributed by atoms with Gasteiger partial charge in [-0.05, 0) is 42.5 Å². The SMILES string of the molecule is COC(=O)c1ccc(OC[C@@H](O)CN2C[C@H](C)C[C@H](C)C2)cc1. The van der Waals surface area contributed by atoms with E-state index in [2.05, 4.69) is 23.5 Å². The van der Waals surface area contributed by atoms with Gasteiger partial charge >= 0.3 is 5.97 Å². The van der Waals surface area contributed by atoms with Gasteiger partial charge in [0, 0.05) is 19.6 Å². The minimum Gasteiger partial charge on any atom is -0.491 e. The third-order valence-corrected chi connectivity index (χ3v) is 4.13. The minimum absolute atomic E-state index is 0.247. The summed E-state index contributed by atoms with van der Waals surface area (Å²) in [6, 6.07) is 6.73. The van der Waals surface area contributed by atoms with Crippen LogP contribution in [-0.4, -0.2) is 55.4 Å². The Morgan fingerprint density at radius 3 is 2.43 bits per heavy atom. The molecule has 3 atom stereocenters. The lowest BCUT2D eigenvalue weighted by Crippen LogP contribution is -2.43. The number of piperidine rings is 1. The van der Waals surface area contributed by atoms with Gasteiger partial charge in [0.05, 0.1) is 12.7 Å². The van der Waals surface area contributed by atoms with Gasteiger partial charge in [-0.15, -0.1) is 0 Å². The first-order valence-corrected chi connectivity index (χ1v) is 8.19. The zero-order chi connectivity index (χ0) is 16.8. The number of β-amino-alcohol motifs (C(OH)–C–C–N with tert-alkyl or cyclic N) is 1. The maximum absolute atomic E-state index is 11.4. The number of hydrogen-bond donors (Lipinski definition) is 1. The lowest BCUT2D eigenvalue weighted by molar-refractivity contribution is 0.0428. The first-order chi connectivity index (χ1) is 11.0. The van der Waals surface area contributed by atoms with Crippen LogP contribution in [0.1, 0.15) is 30.6 Å². The van der Waals surface area contributed by atoms with Crippen molar-refractivity contribution in [1.82, 2.24) is 4.90 Å². The number of hydrogen-bond acceptors (Lipinski definition) is 5. The van der Waals surface area contributed by atoms with Crippen LogP contribution in [0.15, 0.2) is 24.3 Å². The third kappa shape index (κ3) is 5.52. The number of nitrogens with zero attached hydrogens (tertiary/aromatic N) is 1. The first-order valence-electron chi connectivity index (χ1n) is 8.19. The summed E-state index contributed by atoms with van der Waals surface area (Å²) in [6.45, 7) is 7.47. The summed E-state index contributed by atoms with van der Waals surface area (Å²) < 4.78 is 10.3. The van der Waals surface area contributed by atoms with E-state index in [1.165, 1.54) is 13.5 Å². The number of ether oxygens (including phenoxy) is 2. The van der Waals surface area contributed by atoms with Crippen molar-refractivity contribution in [3.8, 4) is 5.75 Å². The standard InChI is InChI=1S/C18H27NO4/c1-13-8-14(2)10-19(9-13)11-16(20)12-23-17-6-4-15(5-7-17)18(21)22-3/h4-7,13-14,16,20H,8-12H2,1-3H3/t13-,14+,16-/m0/s1. The molecular formula is C18H27NO4. The lowest BCUT2D eigenvalue weighted by Gasteiger charge is -2.35. The molecule has 5 heteroatoms. The van der Waals surface area contributed by atoms with Crippen LogP contribution in [0.3, 0.4) is 0 Å². The van der Waals surface area contributed by atoms with E-state index in [1.807, 2.05) is 0 Å². The first kappa shape index (κ1) is 17.8. The average molecular weight is 321 g/mol. The van der Waals surface area contributed by atoms with E-state index in [1.54, 1.807) is 24.3 Å². The molecule has 1 saturated heterocycles. The summed E-state index contributed by atoms with van der Waals surface area (Å²) >= 11 is 0. The molecule has 1 aromatic rings. The van der Waals surface area contributed by atoms with Gasteiger partial charge in [0.15, 0.2) is 0 Å². The van der Waals surface area contributed by atoms with Crippen molar-refractivity contribution in [1.29, 1.82) is 0 Å². The second-order valence-electron chi connectivity index (χ2n) is 6.65. The molecule has 0 aliphatic carbocycles. The smallest absolute Gasteiger partial charge is 0.337 e. The van der Waals surface area contributed by atoms with Crippen molar-refractivity contribution < 1.29 is 19.4 Å². The van der Waals surface area contributed by atoms with Crippen LogP contribution in [-0.2, 0) is 4.74 Å². The molecule has 0 radical (unpaired) electrons. The molecule has 1 fully saturated rings. The number of rotatable bonds is 6. The summed E-state index contributed by atoms with van der Waals surface area (Å²) in [4.78, 5) is 13.7. The van der Waals surface area contributed by atoms with Crippen LogP contribution >= 0.6 is 0 Å². The molecule has 0 saturated carbocycles. The summed E-state index contributed by atoms with van der Waals surface area (Å²) in [5.74, 6) is 1.62. The van der Waals surface area contributed by atoms with Crippen LogP contribution < -0.4 is 4.74 Å². The average Bonchev–Trinajstić information content (AvgIpc) is 2.51. The largest absolute Gasteiger partial charge is 0.491 e. The van der Waals surface area contributed by atoms with E-state index in [0.29, 0.717) is 29.7 Å². The normalized spacial score (nSPS) is 23.3. The molecule has 1 heterocycles. The summed E-state index contributed by atoms with van der Waals surface area (Å²) in [5, 5.41) is 10.2. The second-order valence-corrected chi connectivity index (χ2v) is 6.65. The Balaban J connectivity index is 1.77. The van der Waals surface area contributed by atoms with Crippen LogP contribution in [0, 0.1) is 11.8 Å². The van der Waals surface area contributed by atoms with Crippen molar-refractivity contribution in [3.63, 3.8) is 0 Å². The van der Waals surface area contributed by atoms with Gasteiger partial charge in [0.25, 0.3) is 0 Å². The fourth-order valence-corrected chi connectivity index (χ4v) is 3.29. The highest BCUT2D eigenvalue weighted by molar-refractivity contribution is 5.89. The number of esters is 1. The molecule has 0 amide bonds. The van der Waals surface area contributed by atoms with Crippen molar-refractivity contribution in [2.24, 2.45) is 11.8 Å². The topological polar surface area (TPSA) is 59.0 Å². The van der Waals surface area contributed by atoms with Crippen LogP contribution in [0.25, 0.3) is 0 Å². The molecular weight excluding hydrogens is 294 g/mol. The van der Waals surface area contributed by atoms with Gasteiger partial charge in [-0.1, -0.05) is 13.8 Å². The van der Waals surface area contributed by atoms with Crippen molar-refractivity contribution in [3.05, 3.63) is 29.8 Å². The number of carbonyl (C=O) groups excluding carboxylic acids is 1. The highest BCUT2D eigenvalue weighted by Crippen LogP contribution is 2.21. The van der Waals surface area contributed by atoms with E-state index in [9.17, 15) is 9.90 Å². The van der Waals surface area contributed by atoms with Gasteiger partial charge in [0.2, 0.25) is 0 Å². The number of likely N-dealkylation sites (tertiary alicyclic amines) is 1. The van der Waals surface area contributed by atoms with Gasteiger partial charge in [-0.3, -0.25) is 0 Å².